The quantitative estimate of drug-likeness (QED) is 0.611. The summed E-state index contributed by atoms with van der Waals surface area (Å²) in [5.74, 6) is -2.41. The van der Waals surface area contributed by atoms with Gasteiger partial charge >= 0.3 is 5.97 Å². The number of carboxylic acid groups (broad SMARTS) is 1. The summed E-state index contributed by atoms with van der Waals surface area (Å²) >= 11 is 0. The molecular weight excluding hydrogens is 286 g/mol. The van der Waals surface area contributed by atoms with Crippen molar-refractivity contribution in [2.75, 3.05) is 0 Å². The van der Waals surface area contributed by atoms with Gasteiger partial charge in [0.2, 0.25) is 11.8 Å². The minimum absolute atomic E-state index is 0.0506. The third-order valence-corrected chi connectivity index (χ3v) is 5.07. The first-order valence-corrected chi connectivity index (χ1v) is 7.33. The predicted octanol–water partition coefficient (Wildman–Crippen LogP) is 0.212. The van der Waals surface area contributed by atoms with Crippen LogP contribution < -0.4 is 0 Å². The van der Waals surface area contributed by atoms with Crippen LogP contribution in [0.2, 0.25) is 0 Å². The smallest absolute Gasteiger partial charge is 0.327 e. The zero-order valence-electron chi connectivity index (χ0n) is 11.7. The van der Waals surface area contributed by atoms with Gasteiger partial charge in [-0.2, -0.15) is 0 Å². The second-order valence-electron chi connectivity index (χ2n) is 6.18. The molecule has 1 saturated heterocycles. The lowest BCUT2D eigenvalue weighted by Crippen LogP contribution is -2.47. The zero-order chi connectivity index (χ0) is 15.4. The number of allylic oxidation sites excluding steroid dienone is 2. The van der Waals surface area contributed by atoms with Crippen LogP contribution in [0.1, 0.15) is 12.1 Å². The lowest BCUT2D eigenvalue weighted by Gasteiger charge is -2.24. The van der Waals surface area contributed by atoms with Gasteiger partial charge in [0.15, 0.2) is 0 Å². The maximum atomic E-state index is 12.6. The zero-order valence-corrected chi connectivity index (χ0v) is 11.7. The fourth-order valence-corrected chi connectivity index (χ4v) is 4.13. The highest BCUT2D eigenvalue weighted by molar-refractivity contribution is 6.08. The number of aromatic nitrogens is 2. The van der Waals surface area contributed by atoms with Crippen LogP contribution in [0.25, 0.3) is 0 Å². The monoisotopic (exact) mass is 301 g/mol. The van der Waals surface area contributed by atoms with E-state index in [4.69, 9.17) is 0 Å². The summed E-state index contributed by atoms with van der Waals surface area (Å²) in [6.07, 6.45) is 7.82. The van der Waals surface area contributed by atoms with Crippen LogP contribution in [0, 0.1) is 23.7 Å². The molecule has 2 fully saturated rings. The molecule has 1 aromatic heterocycles. The molecule has 2 amide bonds. The number of aliphatic carboxylic acids is 1. The van der Waals surface area contributed by atoms with E-state index < -0.39 is 12.0 Å². The molecule has 22 heavy (non-hydrogen) atoms. The normalized spacial score (nSPS) is 33.5. The summed E-state index contributed by atoms with van der Waals surface area (Å²) in [5.41, 5.74) is 0.589. The van der Waals surface area contributed by atoms with Crippen molar-refractivity contribution < 1.29 is 19.5 Å². The molecule has 2 aliphatic carbocycles. The van der Waals surface area contributed by atoms with E-state index in [1.54, 1.807) is 0 Å². The maximum absolute atomic E-state index is 12.6. The Labute approximate surface area is 126 Å². The summed E-state index contributed by atoms with van der Waals surface area (Å²) in [7, 11) is 0. The molecule has 0 unspecified atom stereocenters. The van der Waals surface area contributed by atoms with Gasteiger partial charge in [0, 0.05) is 18.3 Å². The van der Waals surface area contributed by atoms with E-state index in [0.29, 0.717) is 5.69 Å². The van der Waals surface area contributed by atoms with Crippen molar-refractivity contribution in [2.45, 2.75) is 18.9 Å². The van der Waals surface area contributed by atoms with Gasteiger partial charge in [-0.05, 0) is 18.3 Å². The first-order chi connectivity index (χ1) is 10.6. The molecule has 5 atom stereocenters. The van der Waals surface area contributed by atoms with Crippen molar-refractivity contribution in [2.24, 2.45) is 23.7 Å². The number of aromatic amines is 1. The fourth-order valence-electron chi connectivity index (χ4n) is 4.13. The number of carboxylic acids is 1. The molecule has 2 N–H and O–H groups in total. The summed E-state index contributed by atoms with van der Waals surface area (Å²) in [4.78, 5) is 44.5. The van der Waals surface area contributed by atoms with Gasteiger partial charge < -0.3 is 10.1 Å². The number of hydrogen-bond donors (Lipinski definition) is 2. The highest BCUT2D eigenvalue weighted by atomic mass is 16.4. The summed E-state index contributed by atoms with van der Waals surface area (Å²) < 4.78 is 0. The molecule has 2 heterocycles. The van der Waals surface area contributed by atoms with Crippen molar-refractivity contribution in [3.63, 3.8) is 0 Å². The molecule has 4 rings (SSSR count). The minimum atomic E-state index is -1.18. The average molecular weight is 301 g/mol. The van der Waals surface area contributed by atoms with E-state index in [2.05, 4.69) is 9.97 Å². The third-order valence-electron chi connectivity index (χ3n) is 5.07. The first kappa shape index (κ1) is 13.2. The van der Waals surface area contributed by atoms with Crippen molar-refractivity contribution in [1.82, 2.24) is 14.9 Å². The van der Waals surface area contributed by atoms with Gasteiger partial charge in [-0.3, -0.25) is 14.5 Å². The molecule has 0 radical (unpaired) electrons. The van der Waals surface area contributed by atoms with Gasteiger partial charge in [-0.15, -0.1) is 0 Å². The topological polar surface area (TPSA) is 103 Å². The Kier molecular flexibility index (Phi) is 2.72. The van der Waals surface area contributed by atoms with Crippen LogP contribution in [0.15, 0.2) is 24.7 Å². The number of hydrogen-bond acceptors (Lipinski definition) is 4. The molecule has 7 heteroatoms. The molecule has 1 saturated carbocycles. The molecule has 0 spiro atoms. The second kappa shape index (κ2) is 4.53. The van der Waals surface area contributed by atoms with Gasteiger partial charge in [-0.1, -0.05) is 12.2 Å². The number of fused-ring (bicyclic) bond motifs is 5. The van der Waals surface area contributed by atoms with E-state index in [0.717, 1.165) is 11.3 Å². The van der Waals surface area contributed by atoms with Gasteiger partial charge in [0.05, 0.1) is 18.2 Å². The Morgan fingerprint density at radius 2 is 1.95 bits per heavy atom. The van der Waals surface area contributed by atoms with Crippen LogP contribution in [-0.2, 0) is 20.8 Å². The van der Waals surface area contributed by atoms with Crippen LogP contribution in [-0.4, -0.2) is 43.8 Å². The number of nitrogens with zero attached hydrogens (tertiary/aromatic N) is 2. The molecule has 0 aromatic carbocycles. The second-order valence-corrected chi connectivity index (χ2v) is 6.18. The molecule has 1 aliphatic heterocycles. The number of imidazole rings is 1. The number of carbonyl (C=O) groups is 3. The van der Waals surface area contributed by atoms with Gasteiger partial charge in [0.25, 0.3) is 0 Å². The van der Waals surface area contributed by atoms with Gasteiger partial charge in [-0.25, -0.2) is 9.78 Å². The Bertz CT molecular complexity index is 651. The van der Waals surface area contributed by atoms with Crippen molar-refractivity contribution >= 4 is 17.8 Å². The fraction of sp³-hybridized carbons (Fsp3) is 0.467. The highest BCUT2D eigenvalue weighted by Crippen LogP contribution is 2.52. The number of imide groups is 1. The number of likely N-dealkylation sites (tertiary alicyclic amines) is 1. The van der Waals surface area contributed by atoms with Crippen molar-refractivity contribution in [3.8, 4) is 0 Å². The van der Waals surface area contributed by atoms with Crippen LogP contribution in [0.3, 0.4) is 0 Å². The summed E-state index contributed by atoms with van der Waals surface area (Å²) in [6, 6.07) is -1.18. The molecular formula is C15H15N3O4. The summed E-state index contributed by atoms with van der Waals surface area (Å²) in [6.45, 7) is 0. The number of H-pyrrole nitrogens is 1. The molecule has 3 aliphatic rings. The highest BCUT2D eigenvalue weighted by Gasteiger charge is 2.61. The number of rotatable bonds is 4. The molecule has 7 nitrogen and oxygen atoms in total. The predicted molar refractivity (Wildman–Crippen MR) is 73.3 cm³/mol. The largest absolute Gasteiger partial charge is 0.480 e. The van der Waals surface area contributed by atoms with E-state index in [1.165, 1.54) is 12.5 Å². The van der Waals surface area contributed by atoms with E-state index in [-0.39, 0.29) is 41.9 Å². The van der Waals surface area contributed by atoms with Crippen molar-refractivity contribution in [3.05, 3.63) is 30.4 Å². The third kappa shape index (κ3) is 1.68. The minimum Gasteiger partial charge on any atom is -0.480 e. The first-order valence-electron chi connectivity index (χ1n) is 7.33. The number of carbonyl (C=O) groups excluding carboxylic acids is 2. The molecule has 114 valence electrons. The van der Waals surface area contributed by atoms with Gasteiger partial charge in [0.1, 0.15) is 6.04 Å². The average Bonchev–Trinajstić information content (AvgIpc) is 3.23. The van der Waals surface area contributed by atoms with Crippen LogP contribution >= 0.6 is 0 Å². The van der Waals surface area contributed by atoms with E-state index in [1.807, 2.05) is 12.2 Å². The summed E-state index contributed by atoms with van der Waals surface area (Å²) in [5, 5.41) is 9.48. The Balaban J connectivity index is 1.65. The Morgan fingerprint density at radius 3 is 2.45 bits per heavy atom. The Morgan fingerprint density at radius 1 is 1.32 bits per heavy atom. The maximum Gasteiger partial charge on any atom is 0.327 e. The SMILES string of the molecule is O=C(O)[C@@H](Cc1cnc[nH]1)N1C(=O)[C@@H]2[C@H](C1=O)[C@H]1C=C[C@@H]2C1. The lowest BCUT2D eigenvalue weighted by atomic mass is 9.85. The molecule has 2 bridgehead atoms. The standard InChI is InChI=1S/C15H15N3O4/c19-13-11-7-1-2-8(3-7)12(11)14(20)18(13)10(15(21)22)4-9-5-16-6-17-9/h1-2,5-8,10-12H,3-4H2,(H,16,17)(H,21,22)/t7-,8+,10-,11+,12-/m1/s1. The Hall–Kier alpha value is -2.44. The number of nitrogens with one attached hydrogen (secondary N) is 1. The number of amides is 2. The lowest BCUT2D eigenvalue weighted by molar-refractivity contribution is -0.155. The van der Waals surface area contributed by atoms with Crippen LogP contribution in [0.4, 0.5) is 0 Å². The van der Waals surface area contributed by atoms with E-state index >= 15 is 0 Å². The van der Waals surface area contributed by atoms with Crippen molar-refractivity contribution in [1.29, 1.82) is 0 Å². The van der Waals surface area contributed by atoms with Crippen LogP contribution in [0.5, 0.6) is 0 Å². The van der Waals surface area contributed by atoms with E-state index in [9.17, 15) is 19.5 Å². The molecule has 1 aromatic rings.